The molecule has 0 radical (unpaired) electrons. The third-order valence-corrected chi connectivity index (χ3v) is 73.8. The molecule has 114 valence electrons. The Balaban J connectivity index is 3.48. The molecule has 1 aromatic rings. The molecule has 0 bridgehead atoms. The summed E-state index contributed by atoms with van der Waals surface area (Å²) in [5, 5.41) is 0. The van der Waals surface area contributed by atoms with E-state index >= 15 is 0 Å². The second kappa shape index (κ2) is 5.59. The van der Waals surface area contributed by atoms with Gasteiger partial charge in [0.1, 0.15) is 6.79 Å². The highest BCUT2D eigenvalue weighted by atomic mass is 29.9. The third kappa shape index (κ3) is 3.21. The van der Waals surface area contributed by atoms with Crippen LogP contribution in [0.1, 0.15) is 0 Å². The van der Waals surface area contributed by atoms with E-state index in [2.05, 4.69) is 94.2 Å². The van der Waals surface area contributed by atoms with Crippen molar-refractivity contribution in [3.8, 4) is 0 Å². The lowest BCUT2D eigenvalue weighted by Crippen LogP contribution is -2.86. The summed E-state index contributed by atoms with van der Waals surface area (Å²) in [4.78, 5) is 4.24. The zero-order chi connectivity index (χ0) is 15.8. The maximum absolute atomic E-state index is 4.24. The summed E-state index contributed by atoms with van der Waals surface area (Å²) in [6.45, 7) is 22.1. The predicted molar refractivity (Wildman–Crippen MR) is 106 cm³/mol. The summed E-state index contributed by atoms with van der Waals surface area (Å²) in [5.41, 5.74) is 1.37. The SMILES string of the molecule is C[Si](C)(C)[Si](Nc1ccccc1)([Si](C)(C)C)[Si](C)(C)C. The van der Waals surface area contributed by atoms with Crippen molar-refractivity contribution in [2.75, 3.05) is 4.98 Å². The highest BCUT2D eigenvalue weighted by Crippen LogP contribution is 2.37. The first kappa shape index (κ1) is 17.9. The molecule has 0 aromatic heterocycles. The van der Waals surface area contributed by atoms with Crippen molar-refractivity contribution in [3.05, 3.63) is 30.3 Å². The Hall–Kier alpha value is -0.112. The van der Waals surface area contributed by atoms with E-state index in [4.69, 9.17) is 0 Å². The van der Waals surface area contributed by atoms with Gasteiger partial charge in [0, 0.05) is 5.69 Å². The van der Waals surface area contributed by atoms with Gasteiger partial charge in [-0.2, -0.15) is 0 Å². The fraction of sp³-hybridized carbons (Fsp3) is 0.600. The van der Waals surface area contributed by atoms with Crippen molar-refractivity contribution < 1.29 is 0 Å². The second-order valence-corrected chi connectivity index (χ2v) is 49.0. The molecule has 0 amide bonds. The number of para-hydroxylation sites is 1. The van der Waals surface area contributed by atoms with Crippen LogP contribution in [-0.4, -0.2) is 29.6 Å². The van der Waals surface area contributed by atoms with E-state index in [-0.39, 0.29) is 0 Å². The molecule has 1 rings (SSSR count). The van der Waals surface area contributed by atoms with E-state index in [1.54, 1.807) is 0 Å². The van der Waals surface area contributed by atoms with Crippen LogP contribution in [-0.2, 0) is 0 Å². The van der Waals surface area contributed by atoms with Crippen LogP contribution in [0.2, 0.25) is 58.9 Å². The largest absolute Gasteiger partial charge is 0.417 e. The van der Waals surface area contributed by atoms with Crippen LogP contribution >= 0.6 is 0 Å². The van der Waals surface area contributed by atoms with Crippen molar-refractivity contribution >= 4 is 35.2 Å². The fourth-order valence-corrected chi connectivity index (χ4v) is 98.8. The van der Waals surface area contributed by atoms with Crippen molar-refractivity contribution in [2.24, 2.45) is 0 Å². The number of rotatable bonds is 5. The second-order valence-electron chi connectivity index (χ2n) is 8.99. The van der Waals surface area contributed by atoms with Gasteiger partial charge < -0.3 is 4.98 Å². The normalized spacial score (nSPS) is 14.2. The smallest absolute Gasteiger partial charge is 0.122 e. The summed E-state index contributed by atoms with van der Waals surface area (Å²) in [6.07, 6.45) is 0. The zero-order valence-electron chi connectivity index (χ0n) is 14.9. The standard InChI is InChI=1S/C15H33NSi4/c1-17(2,3)20(18(4,5)6,19(7,8)9)16-15-13-11-10-12-14-15/h10-14,16H,1-9H3. The van der Waals surface area contributed by atoms with E-state index in [1.807, 2.05) is 0 Å². The molecule has 0 unspecified atom stereocenters. The quantitative estimate of drug-likeness (QED) is 0.718. The molecule has 20 heavy (non-hydrogen) atoms. The minimum Gasteiger partial charge on any atom is -0.417 e. The Morgan fingerprint density at radius 3 is 1.25 bits per heavy atom. The maximum Gasteiger partial charge on any atom is 0.122 e. The highest BCUT2D eigenvalue weighted by Gasteiger charge is 2.62. The fourth-order valence-electron chi connectivity index (χ4n) is 4.68. The average Bonchev–Trinajstić information content (AvgIpc) is 2.22. The van der Waals surface area contributed by atoms with Crippen molar-refractivity contribution in [1.29, 1.82) is 0 Å². The van der Waals surface area contributed by atoms with Crippen LogP contribution < -0.4 is 4.98 Å². The highest BCUT2D eigenvalue weighted by molar-refractivity contribution is 7.90. The number of nitrogens with one attached hydrogen (secondary N) is 1. The first-order chi connectivity index (χ1) is 8.83. The molecule has 0 fully saturated rings. The summed E-state index contributed by atoms with van der Waals surface area (Å²) >= 11 is 0. The molecule has 0 heterocycles. The lowest BCUT2D eigenvalue weighted by Gasteiger charge is -2.57. The monoisotopic (exact) mass is 339 g/mol. The number of anilines is 1. The molecule has 1 nitrogen and oxygen atoms in total. The topological polar surface area (TPSA) is 12.0 Å². The van der Waals surface area contributed by atoms with Crippen LogP contribution in [0.4, 0.5) is 5.69 Å². The van der Waals surface area contributed by atoms with Crippen LogP contribution in [0, 0.1) is 0 Å². The molecular formula is C15H33NSi4. The molecule has 1 N–H and O–H groups in total. The summed E-state index contributed by atoms with van der Waals surface area (Å²) in [5.74, 6) is 0. The van der Waals surface area contributed by atoms with Gasteiger partial charge in [0.15, 0.2) is 0 Å². The number of benzene rings is 1. The first-order valence-corrected chi connectivity index (χ1v) is 23.2. The lowest BCUT2D eigenvalue weighted by atomic mass is 10.3. The Bertz CT molecular complexity index is 402. The van der Waals surface area contributed by atoms with Gasteiger partial charge in [-0.3, -0.25) is 0 Å². The van der Waals surface area contributed by atoms with Crippen LogP contribution in [0.25, 0.3) is 0 Å². The van der Waals surface area contributed by atoms with E-state index in [0.29, 0.717) is 0 Å². The molecule has 0 spiro atoms. The van der Waals surface area contributed by atoms with Crippen molar-refractivity contribution in [1.82, 2.24) is 0 Å². The molecule has 0 saturated heterocycles. The molecular weight excluding hydrogens is 307 g/mol. The minimum absolute atomic E-state index is 1.24. The Labute approximate surface area is 129 Å². The van der Waals surface area contributed by atoms with Crippen LogP contribution in [0.5, 0.6) is 0 Å². The molecule has 0 saturated carbocycles. The average molecular weight is 340 g/mol. The molecule has 1 aromatic carbocycles. The Kier molecular flexibility index (Phi) is 5.01. The molecule has 5 heteroatoms. The number of hydrogen-bond donors (Lipinski definition) is 1. The van der Waals surface area contributed by atoms with Gasteiger partial charge in [0.05, 0.1) is 22.8 Å². The lowest BCUT2D eigenvalue weighted by molar-refractivity contribution is 1.62. The molecule has 0 aliphatic carbocycles. The van der Waals surface area contributed by atoms with Gasteiger partial charge in [-0.1, -0.05) is 77.1 Å². The van der Waals surface area contributed by atoms with Gasteiger partial charge >= 0.3 is 0 Å². The van der Waals surface area contributed by atoms with E-state index in [9.17, 15) is 0 Å². The van der Waals surface area contributed by atoms with E-state index in [0.717, 1.165) is 0 Å². The minimum atomic E-state index is -1.47. The molecule has 0 aliphatic heterocycles. The Morgan fingerprint density at radius 2 is 0.950 bits per heavy atom. The number of hydrogen-bond acceptors (Lipinski definition) is 1. The predicted octanol–water partition coefficient (Wildman–Crippen LogP) is 5.29. The molecule has 0 aliphatic rings. The third-order valence-electron chi connectivity index (χ3n) is 4.48. The summed E-state index contributed by atoms with van der Waals surface area (Å²) < 4.78 is 0. The van der Waals surface area contributed by atoms with Gasteiger partial charge in [-0.05, 0) is 12.1 Å². The van der Waals surface area contributed by atoms with Crippen LogP contribution in [0.3, 0.4) is 0 Å². The van der Waals surface area contributed by atoms with Crippen LogP contribution in [0.15, 0.2) is 30.3 Å². The van der Waals surface area contributed by atoms with Gasteiger partial charge in [0.25, 0.3) is 0 Å². The van der Waals surface area contributed by atoms with Crippen molar-refractivity contribution in [2.45, 2.75) is 58.9 Å². The zero-order valence-corrected chi connectivity index (χ0v) is 18.9. The summed E-state index contributed by atoms with van der Waals surface area (Å²) in [6, 6.07) is 11.0. The van der Waals surface area contributed by atoms with E-state index < -0.39 is 29.6 Å². The Morgan fingerprint density at radius 1 is 0.600 bits per heavy atom. The molecule has 0 atom stereocenters. The van der Waals surface area contributed by atoms with Gasteiger partial charge in [-0.15, -0.1) is 0 Å². The van der Waals surface area contributed by atoms with Gasteiger partial charge in [0.2, 0.25) is 0 Å². The van der Waals surface area contributed by atoms with Crippen molar-refractivity contribution in [3.63, 3.8) is 0 Å². The van der Waals surface area contributed by atoms with Gasteiger partial charge in [-0.25, -0.2) is 0 Å². The first-order valence-electron chi connectivity index (χ1n) is 7.66. The van der Waals surface area contributed by atoms with E-state index in [1.165, 1.54) is 5.69 Å². The maximum atomic E-state index is 4.24. The summed E-state index contributed by atoms with van der Waals surface area (Å²) in [7, 11) is -3.72.